The maximum atomic E-state index is 11.6. The van der Waals surface area contributed by atoms with E-state index in [-0.39, 0.29) is 24.2 Å². The zero-order valence-electron chi connectivity index (χ0n) is 11.2. The molecular formula is C13H19N3O3. The summed E-state index contributed by atoms with van der Waals surface area (Å²) in [5.74, 6) is -0.956. The zero-order chi connectivity index (χ0) is 14.3. The van der Waals surface area contributed by atoms with Crippen LogP contribution in [0.3, 0.4) is 0 Å². The molecule has 0 saturated carbocycles. The standard InChI is InChI=1S/C13H19N3O3/c1-3-4-9(2)16-12(17)8-19-13(18)11-6-5-10(14)7-15-11/h5-7,9H,3-4,8,14H2,1-2H3,(H,16,17). The minimum atomic E-state index is -0.640. The van der Waals surface area contributed by atoms with E-state index in [0.717, 1.165) is 12.8 Å². The minimum absolute atomic E-state index is 0.0749. The van der Waals surface area contributed by atoms with E-state index in [1.165, 1.54) is 12.3 Å². The normalized spacial score (nSPS) is 11.7. The Labute approximate surface area is 112 Å². The lowest BCUT2D eigenvalue weighted by atomic mass is 10.2. The Morgan fingerprint density at radius 2 is 2.21 bits per heavy atom. The number of nitrogens with zero attached hydrogens (tertiary/aromatic N) is 1. The SMILES string of the molecule is CCCC(C)NC(=O)COC(=O)c1ccc(N)cn1. The first kappa shape index (κ1) is 14.9. The monoisotopic (exact) mass is 265 g/mol. The average molecular weight is 265 g/mol. The molecule has 1 amide bonds. The van der Waals surface area contributed by atoms with Crippen LogP contribution in [0.1, 0.15) is 37.2 Å². The van der Waals surface area contributed by atoms with Crippen LogP contribution in [0.2, 0.25) is 0 Å². The summed E-state index contributed by atoms with van der Waals surface area (Å²) < 4.78 is 4.85. The van der Waals surface area contributed by atoms with Gasteiger partial charge in [-0.05, 0) is 25.5 Å². The number of anilines is 1. The van der Waals surface area contributed by atoms with Gasteiger partial charge in [0.2, 0.25) is 0 Å². The number of nitrogens with one attached hydrogen (secondary N) is 1. The third-order valence-corrected chi connectivity index (χ3v) is 2.46. The van der Waals surface area contributed by atoms with Crippen LogP contribution in [-0.4, -0.2) is 29.5 Å². The number of carbonyl (C=O) groups is 2. The van der Waals surface area contributed by atoms with E-state index in [9.17, 15) is 9.59 Å². The minimum Gasteiger partial charge on any atom is -0.451 e. The predicted octanol–water partition coefficient (Wildman–Crippen LogP) is 1.13. The number of esters is 1. The van der Waals surface area contributed by atoms with Crippen LogP contribution in [0.25, 0.3) is 0 Å². The Hall–Kier alpha value is -2.11. The summed E-state index contributed by atoms with van der Waals surface area (Å²) >= 11 is 0. The average Bonchev–Trinajstić information content (AvgIpc) is 2.37. The van der Waals surface area contributed by atoms with E-state index in [0.29, 0.717) is 5.69 Å². The summed E-state index contributed by atoms with van der Waals surface area (Å²) in [4.78, 5) is 26.9. The van der Waals surface area contributed by atoms with E-state index in [4.69, 9.17) is 10.5 Å². The number of nitrogen functional groups attached to an aromatic ring is 1. The zero-order valence-corrected chi connectivity index (χ0v) is 11.2. The highest BCUT2D eigenvalue weighted by Crippen LogP contribution is 2.02. The molecule has 0 saturated heterocycles. The van der Waals surface area contributed by atoms with Crippen LogP contribution in [0.5, 0.6) is 0 Å². The third-order valence-electron chi connectivity index (χ3n) is 2.46. The molecule has 6 heteroatoms. The molecule has 1 unspecified atom stereocenters. The molecule has 3 N–H and O–H groups in total. The van der Waals surface area contributed by atoms with Gasteiger partial charge in [-0.15, -0.1) is 0 Å². The Bertz CT molecular complexity index is 431. The fourth-order valence-corrected chi connectivity index (χ4v) is 1.55. The van der Waals surface area contributed by atoms with Crippen molar-refractivity contribution in [3.8, 4) is 0 Å². The fraction of sp³-hybridized carbons (Fsp3) is 0.462. The van der Waals surface area contributed by atoms with E-state index in [1.807, 2.05) is 13.8 Å². The van der Waals surface area contributed by atoms with Gasteiger partial charge in [-0.25, -0.2) is 9.78 Å². The van der Waals surface area contributed by atoms with Crippen LogP contribution in [0.15, 0.2) is 18.3 Å². The summed E-state index contributed by atoms with van der Waals surface area (Å²) in [5, 5.41) is 2.74. The molecule has 104 valence electrons. The van der Waals surface area contributed by atoms with Crippen molar-refractivity contribution in [2.24, 2.45) is 0 Å². The van der Waals surface area contributed by atoms with Crippen molar-refractivity contribution in [1.82, 2.24) is 10.3 Å². The molecule has 0 aromatic carbocycles. The second-order valence-corrected chi connectivity index (χ2v) is 4.31. The lowest BCUT2D eigenvalue weighted by Gasteiger charge is -2.12. The molecule has 0 aliphatic heterocycles. The van der Waals surface area contributed by atoms with Crippen molar-refractivity contribution in [3.63, 3.8) is 0 Å². The summed E-state index contributed by atoms with van der Waals surface area (Å²) in [6.45, 7) is 3.64. The number of aromatic nitrogens is 1. The molecule has 1 rings (SSSR count). The van der Waals surface area contributed by atoms with Crippen LogP contribution in [-0.2, 0) is 9.53 Å². The van der Waals surface area contributed by atoms with E-state index >= 15 is 0 Å². The van der Waals surface area contributed by atoms with Gasteiger partial charge in [-0.3, -0.25) is 4.79 Å². The number of ether oxygens (including phenoxy) is 1. The summed E-state index contributed by atoms with van der Waals surface area (Å²) in [7, 11) is 0. The van der Waals surface area contributed by atoms with Crippen LogP contribution in [0.4, 0.5) is 5.69 Å². The van der Waals surface area contributed by atoms with Gasteiger partial charge in [0, 0.05) is 6.04 Å². The number of rotatable bonds is 6. The van der Waals surface area contributed by atoms with Crippen molar-refractivity contribution in [3.05, 3.63) is 24.0 Å². The molecule has 0 fully saturated rings. The van der Waals surface area contributed by atoms with Crippen LogP contribution in [0, 0.1) is 0 Å². The highest BCUT2D eigenvalue weighted by Gasteiger charge is 2.12. The van der Waals surface area contributed by atoms with Gasteiger partial charge in [0.1, 0.15) is 5.69 Å². The lowest BCUT2D eigenvalue weighted by molar-refractivity contribution is -0.124. The number of nitrogens with two attached hydrogens (primary N) is 1. The fourth-order valence-electron chi connectivity index (χ4n) is 1.55. The van der Waals surface area contributed by atoms with Gasteiger partial charge >= 0.3 is 5.97 Å². The molecule has 0 aliphatic carbocycles. The van der Waals surface area contributed by atoms with Gasteiger partial charge in [-0.1, -0.05) is 13.3 Å². The molecule has 0 radical (unpaired) electrons. The Morgan fingerprint density at radius 1 is 1.47 bits per heavy atom. The Kier molecular flexibility index (Phi) is 5.78. The molecule has 1 aromatic heterocycles. The van der Waals surface area contributed by atoms with Crippen molar-refractivity contribution in [2.45, 2.75) is 32.7 Å². The van der Waals surface area contributed by atoms with E-state index in [2.05, 4.69) is 10.3 Å². The van der Waals surface area contributed by atoms with Crippen molar-refractivity contribution in [2.75, 3.05) is 12.3 Å². The third kappa shape index (κ3) is 5.37. The topological polar surface area (TPSA) is 94.3 Å². The predicted molar refractivity (Wildman–Crippen MR) is 71.4 cm³/mol. The molecular weight excluding hydrogens is 246 g/mol. The molecule has 1 aromatic rings. The van der Waals surface area contributed by atoms with Gasteiger partial charge in [0.25, 0.3) is 5.91 Å². The molecule has 1 heterocycles. The summed E-state index contributed by atoms with van der Waals surface area (Å²) in [6, 6.07) is 3.08. The first-order valence-electron chi connectivity index (χ1n) is 6.21. The number of amides is 1. The van der Waals surface area contributed by atoms with Gasteiger partial charge in [-0.2, -0.15) is 0 Å². The second-order valence-electron chi connectivity index (χ2n) is 4.31. The maximum absolute atomic E-state index is 11.6. The highest BCUT2D eigenvalue weighted by atomic mass is 16.5. The second kappa shape index (κ2) is 7.35. The van der Waals surface area contributed by atoms with E-state index < -0.39 is 5.97 Å². The molecule has 0 spiro atoms. The van der Waals surface area contributed by atoms with Crippen LogP contribution < -0.4 is 11.1 Å². The first-order chi connectivity index (χ1) is 9.02. The Balaban J connectivity index is 2.37. The van der Waals surface area contributed by atoms with E-state index in [1.54, 1.807) is 6.07 Å². The summed E-state index contributed by atoms with van der Waals surface area (Å²) in [5.41, 5.74) is 6.04. The molecule has 0 aliphatic rings. The number of hydrogen-bond donors (Lipinski definition) is 2. The summed E-state index contributed by atoms with van der Waals surface area (Å²) in [6.07, 6.45) is 3.23. The maximum Gasteiger partial charge on any atom is 0.357 e. The number of pyridine rings is 1. The molecule has 0 bridgehead atoms. The number of hydrogen-bond acceptors (Lipinski definition) is 5. The quantitative estimate of drug-likeness (QED) is 0.752. The van der Waals surface area contributed by atoms with Crippen molar-refractivity contribution >= 4 is 17.6 Å². The van der Waals surface area contributed by atoms with Crippen LogP contribution >= 0.6 is 0 Å². The molecule has 1 atom stereocenters. The highest BCUT2D eigenvalue weighted by molar-refractivity contribution is 5.89. The van der Waals surface area contributed by atoms with Gasteiger partial charge < -0.3 is 15.8 Å². The van der Waals surface area contributed by atoms with Crippen molar-refractivity contribution < 1.29 is 14.3 Å². The van der Waals surface area contributed by atoms with Gasteiger partial charge in [0.15, 0.2) is 6.61 Å². The Morgan fingerprint density at radius 3 is 2.79 bits per heavy atom. The molecule has 19 heavy (non-hydrogen) atoms. The van der Waals surface area contributed by atoms with Crippen molar-refractivity contribution in [1.29, 1.82) is 0 Å². The smallest absolute Gasteiger partial charge is 0.357 e. The molecule has 6 nitrogen and oxygen atoms in total. The largest absolute Gasteiger partial charge is 0.451 e. The number of carbonyl (C=O) groups excluding carboxylic acids is 2. The first-order valence-corrected chi connectivity index (χ1v) is 6.21. The lowest BCUT2D eigenvalue weighted by Crippen LogP contribution is -2.35. The van der Waals surface area contributed by atoms with Gasteiger partial charge in [0.05, 0.1) is 11.9 Å².